The monoisotopic (exact) mass is 215 g/mol. The fraction of sp³-hybridized carbons (Fsp3) is 0.400. The first-order valence-electron chi connectivity index (χ1n) is 4.58. The van der Waals surface area contributed by atoms with Crippen molar-refractivity contribution in [3.05, 3.63) is 29.6 Å². The van der Waals surface area contributed by atoms with Crippen LogP contribution in [0.3, 0.4) is 0 Å². The quantitative estimate of drug-likeness (QED) is 0.540. The molecule has 1 rings (SSSR count). The van der Waals surface area contributed by atoms with E-state index in [0.29, 0.717) is 0 Å². The van der Waals surface area contributed by atoms with Crippen LogP contribution in [0.5, 0.6) is 0 Å². The van der Waals surface area contributed by atoms with E-state index in [-0.39, 0.29) is 24.3 Å². The fourth-order valence-electron chi connectivity index (χ4n) is 1.31. The van der Waals surface area contributed by atoms with E-state index in [1.54, 1.807) is 0 Å². The summed E-state index contributed by atoms with van der Waals surface area (Å²) >= 11 is 0. The van der Waals surface area contributed by atoms with Gasteiger partial charge in [-0.25, -0.2) is 4.39 Å². The third kappa shape index (κ3) is 2.65. The molecule has 0 aromatic heterocycles. The maximum atomic E-state index is 13.0. The zero-order valence-electron chi connectivity index (χ0n) is 8.10. The number of aliphatic hydroxyl groups excluding tert-OH is 3. The van der Waals surface area contributed by atoms with Gasteiger partial charge in [-0.1, -0.05) is 12.1 Å². The van der Waals surface area contributed by atoms with Gasteiger partial charge in [-0.2, -0.15) is 0 Å². The topological polar surface area (TPSA) is 86.7 Å². The summed E-state index contributed by atoms with van der Waals surface area (Å²) in [5.41, 5.74) is 5.37. The van der Waals surface area contributed by atoms with Gasteiger partial charge in [0.25, 0.3) is 0 Å². The van der Waals surface area contributed by atoms with E-state index < -0.39 is 18.0 Å². The van der Waals surface area contributed by atoms with Gasteiger partial charge in [0.05, 0.1) is 11.8 Å². The Hall–Kier alpha value is -1.17. The summed E-state index contributed by atoms with van der Waals surface area (Å²) in [7, 11) is 0. The molecule has 15 heavy (non-hydrogen) atoms. The van der Waals surface area contributed by atoms with Crippen LogP contribution in [-0.2, 0) is 0 Å². The maximum absolute atomic E-state index is 13.0. The van der Waals surface area contributed by atoms with E-state index in [2.05, 4.69) is 0 Å². The summed E-state index contributed by atoms with van der Waals surface area (Å²) in [5.74, 6) is -0.636. The molecule has 1 aromatic carbocycles. The van der Waals surface area contributed by atoms with Crippen LogP contribution in [0.1, 0.15) is 18.1 Å². The lowest BCUT2D eigenvalue weighted by atomic mass is 10.0. The summed E-state index contributed by atoms with van der Waals surface area (Å²) in [4.78, 5) is 0. The van der Waals surface area contributed by atoms with Crippen molar-refractivity contribution in [3.8, 4) is 0 Å². The maximum Gasteiger partial charge on any atom is 0.146 e. The zero-order valence-corrected chi connectivity index (χ0v) is 8.10. The number of rotatable bonds is 4. The van der Waals surface area contributed by atoms with Crippen LogP contribution < -0.4 is 5.73 Å². The summed E-state index contributed by atoms with van der Waals surface area (Å²) in [5, 5.41) is 27.6. The van der Waals surface area contributed by atoms with E-state index in [4.69, 9.17) is 10.8 Å². The number of hydrogen-bond acceptors (Lipinski definition) is 4. The number of nitrogen functional groups attached to an aromatic ring is 1. The van der Waals surface area contributed by atoms with Gasteiger partial charge in [0.15, 0.2) is 0 Å². The smallest absolute Gasteiger partial charge is 0.146 e. The molecule has 0 aliphatic rings. The molecule has 84 valence electrons. The predicted molar refractivity (Wildman–Crippen MR) is 53.5 cm³/mol. The molecule has 0 fully saturated rings. The molecule has 2 atom stereocenters. The highest BCUT2D eigenvalue weighted by molar-refractivity contribution is 5.49. The summed E-state index contributed by atoms with van der Waals surface area (Å²) in [6, 6.07) is 4.00. The Morgan fingerprint density at radius 1 is 1.33 bits per heavy atom. The second-order valence-corrected chi connectivity index (χ2v) is 3.27. The van der Waals surface area contributed by atoms with Crippen LogP contribution in [0.15, 0.2) is 18.2 Å². The van der Waals surface area contributed by atoms with E-state index in [1.807, 2.05) is 0 Å². The second kappa shape index (κ2) is 5.06. The van der Waals surface area contributed by atoms with Gasteiger partial charge < -0.3 is 21.1 Å². The molecular weight excluding hydrogens is 201 g/mol. The SMILES string of the molecule is Nc1c(F)cccc1C(O)C(O)CCO. The second-order valence-electron chi connectivity index (χ2n) is 3.27. The lowest BCUT2D eigenvalue weighted by Gasteiger charge is -2.18. The number of anilines is 1. The molecule has 5 N–H and O–H groups in total. The van der Waals surface area contributed by atoms with E-state index >= 15 is 0 Å². The lowest BCUT2D eigenvalue weighted by molar-refractivity contribution is 0.00450. The Bertz CT molecular complexity index is 332. The van der Waals surface area contributed by atoms with Gasteiger partial charge in [-0.15, -0.1) is 0 Å². The molecule has 0 bridgehead atoms. The number of aliphatic hydroxyl groups is 3. The van der Waals surface area contributed by atoms with Crippen molar-refractivity contribution in [2.24, 2.45) is 0 Å². The van der Waals surface area contributed by atoms with Crippen LogP contribution >= 0.6 is 0 Å². The van der Waals surface area contributed by atoms with Crippen LogP contribution in [0.25, 0.3) is 0 Å². The van der Waals surface area contributed by atoms with Gasteiger partial charge in [-0.3, -0.25) is 0 Å². The molecule has 0 saturated carbocycles. The molecule has 0 saturated heterocycles. The average molecular weight is 215 g/mol. The third-order valence-electron chi connectivity index (χ3n) is 2.19. The molecule has 0 heterocycles. The molecule has 4 nitrogen and oxygen atoms in total. The summed E-state index contributed by atoms with van der Waals surface area (Å²) in [6.45, 7) is -0.257. The Labute approximate surface area is 86.8 Å². The number of benzene rings is 1. The van der Waals surface area contributed by atoms with Gasteiger partial charge in [-0.05, 0) is 12.5 Å². The number of para-hydroxylation sites is 1. The van der Waals surface area contributed by atoms with Crippen molar-refractivity contribution in [3.63, 3.8) is 0 Å². The molecule has 2 unspecified atom stereocenters. The standard InChI is InChI=1S/C10H14FNO3/c11-7-3-1-2-6(9(7)12)10(15)8(14)4-5-13/h1-3,8,10,13-15H,4-5,12H2. The van der Waals surface area contributed by atoms with Gasteiger partial charge in [0, 0.05) is 12.2 Å². The molecule has 0 amide bonds. The Morgan fingerprint density at radius 2 is 2.00 bits per heavy atom. The fourth-order valence-corrected chi connectivity index (χ4v) is 1.31. The van der Waals surface area contributed by atoms with Crippen molar-refractivity contribution in [1.82, 2.24) is 0 Å². The van der Waals surface area contributed by atoms with Crippen molar-refractivity contribution < 1.29 is 19.7 Å². The summed E-state index contributed by atoms with van der Waals surface area (Å²) in [6.07, 6.45) is -2.43. The van der Waals surface area contributed by atoms with Crippen LogP contribution in [0.2, 0.25) is 0 Å². The number of nitrogens with two attached hydrogens (primary N) is 1. The Balaban J connectivity index is 2.90. The van der Waals surface area contributed by atoms with E-state index in [0.717, 1.165) is 0 Å². The van der Waals surface area contributed by atoms with Crippen molar-refractivity contribution in [2.45, 2.75) is 18.6 Å². The highest BCUT2D eigenvalue weighted by atomic mass is 19.1. The molecule has 0 spiro atoms. The van der Waals surface area contributed by atoms with Crippen LogP contribution in [0.4, 0.5) is 10.1 Å². The molecule has 0 aliphatic carbocycles. The Morgan fingerprint density at radius 3 is 2.60 bits per heavy atom. The summed E-state index contributed by atoms with van der Waals surface area (Å²) < 4.78 is 13.0. The molecule has 5 heteroatoms. The van der Waals surface area contributed by atoms with Crippen molar-refractivity contribution in [1.29, 1.82) is 0 Å². The molecule has 1 aromatic rings. The van der Waals surface area contributed by atoms with Crippen LogP contribution in [0, 0.1) is 5.82 Å². The molecule has 0 aliphatic heterocycles. The van der Waals surface area contributed by atoms with Crippen LogP contribution in [-0.4, -0.2) is 28.0 Å². The highest BCUT2D eigenvalue weighted by Gasteiger charge is 2.21. The molecule has 0 radical (unpaired) electrons. The zero-order chi connectivity index (χ0) is 11.4. The molecular formula is C10H14FNO3. The first kappa shape index (κ1) is 11.9. The minimum Gasteiger partial charge on any atom is -0.396 e. The predicted octanol–water partition coefficient (Wildman–Crippen LogP) is 0.185. The number of halogens is 1. The van der Waals surface area contributed by atoms with Crippen molar-refractivity contribution in [2.75, 3.05) is 12.3 Å². The highest BCUT2D eigenvalue weighted by Crippen LogP contribution is 2.26. The van der Waals surface area contributed by atoms with Crippen molar-refractivity contribution >= 4 is 5.69 Å². The van der Waals surface area contributed by atoms with Gasteiger partial charge in [0.1, 0.15) is 11.9 Å². The largest absolute Gasteiger partial charge is 0.396 e. The van der Waals surface area contributed by atoms with Gasteiger partial charge in [0.2, 0.25) is 0 Å². The number of hydrogen-bond donors (Lipinski definition) is 4. The first-order valence-corrected chi connectivity index (χ1v) is 4.58. The first-order chi connectivity index (χ1) is 7.07. The average Bonchev–Trinajstić information content (AvgIpc) is 2.21. The minimum atomic E-state index is -1.28. The third-order valence-corrected chi connectivity index (χ3v) is 2.19. The normalized spacial score (nSPS) is 14.9. The minimum absolute atomic E-state index is 0.0110. The van der Waals surface area contributed by atoms with Gasteiger partial charge >= 0.3 is 0 Å². The van der Waals surface area contributed by atoms with E-state index in [9.17, 15) is 14.6 Å². The van der Waals surface area contributed by atoms with E-state index in [1.165, 1.54) is 18.2 Å². The Kier molecular flexibility index (Phi) is 4.02. The lowest BCUT2D eigenvalue weighted by Crippen LogP contribution is -2.20.